The molecule has 0 radical (unpaired) electrons. The molecule has 2 fully saturated rings. The van der Waals surface area contributed by atoms with Gasteiger partial charge in [0.05, 0.1) is 6.42 Å². The molecule has 2 aliphatic rings. The number of aromatic nitrogens is 2. The van der Waals surface area contributed by atoms with Gasteiger partial charge in [0, 0.05) is 63.4 Å². The standard InChI is InChI=1S/C21H27ClN6O/c1-25-6-8-26(9-7-25)19-15-20(24-16-23-19)27-10-12-28(13-11-27)21(29)14-17-4-2-3-5-18(17)22/h2-5,15-16H,6-14H2,1H3. The van der Waals surface area contributed by atoms with Gasteiger partial charge in [0.1, 0.15) is 18.0 Å². The van der Waals surface area contributed by atoms with Gasteiger partial charge in [-0.2, -0.15) is 0 Å². The molecule has 2 aliphatic heterocycles. The number of likely N-dealkylation sites (N-methyl/N-ethyl adjacent to an activating group) is 1. The van der Waals surface area contributed by atoms with Gasteiger partial charge in [-0.1, -0.05) is 29.8 Å². The number of anilines is 2. The van der Waals surface area contributed by atoms with Crippen LogP contribution in [0.25, 0.3) is 0 Å². The minimum atomic E-state index is 0.124. The predicted octanol–water partition coefficient (Wildman–Crippen LogP) is 1.77. The molecule has 4 rings (SSSR count). The lowest BCUT2D eigenvalue weighted by Gasteiger charge is -2.36. The Labute approximate surface area is 176 Å². The van der Waals surface area contributed by atoms with E-state index in [9.17, 15) is 4.79 Å². The molecule has 0 atom stereocenters. The SMILES string of the molecule is CN1CCN(c2cc(N3CCN(C(=O)Cc4ccccc4Cl)CC3)ncn2)CC1. The van der Waals surface area contributed by atoms with Crippen LogP contribution in [0.4, 0.5) is 11.6 Å². The number of piperazine rings is 2. The van der Waals surface area contributed by atoms with E-state index < -0.39 is 0 Å². The van der Waals surface area contributed by atoms with Crippen molar-refractivity contribution in [1.29, 1.82) is 0 Å². The Morgan fingerprint density at radius 3 is 2.14 bits per heavy atom. The lowest BCUT2D eigenvalue weighted by Crippen LogP contribution is -2.49. The molecule has 3 heterocycles. The molecule has 2 saturated heterocycles. The third-order valence-electron chi connectivity index (χ3n) is 5.72. The molecule has 154 valence electrons. The number of carbonyl (C=O) groups is 1. The van der Waals surface area contributed by atoms with Gasteiger partial charge >= 0.3 is 0 Å². The van der Waals surface area contributed by atoms with Crippen LogP contribution in [-0.2, 0) is 11.2 Å². The van der Waals surface area contributed by atoms with Crippen molar-refractivity contribution < 1.29 is 4.79 Å². The smallest absolute Gasteiger partial charge is 0.227 e. The molecule has 0 aliphatic carbocycles. The second kappa shape index (κ2) is 8.97. The van der Waals surface area contributed by atoms with Crippen molar-refractivity contribution in [3.05, 3.63) is 47.2 Å². The van der Waals surface area contributed by atoms with Gasteiger partial charge < -0.3 is 19.6 Å². The normalized spacial score (nSPS) is 18.2. The van der Waals surface area contributed by atoms with E-state index in [0.29, 0.717) is 24.5 Å². The van der Waals surface area contributed by atoms with E-state index in [2.05, 4.69) is 37.8 Å². The van der Waals surface area contributed by atoms with Crippen molar-refractivity contribution in [2.75, 3.05) is 69.2 Å². The molecule has 7 nitrogen and oxygen atoms in total. The highest BCUT2D eigenvalue weighted by atomic mass is 35.5. The number of amides is 1. The first-order valence-corrected chi connectivity index (χ1v) is 10.5. The van der Waals surface area contributed by atoms with Crippen LogP contribution in [0, 0.1) is 0 Å². The molecule has 2 aromatic rings. The second-order valence-electron chi connectivity index (χ2n) is 7.66. The van der Waals surface area contributed by atoms with Gasteiger partial charge in [0.25, 0.3) is 0 Å². The average molecular weight is 415 g/mol. The van der Waals surface area contributed by atoms with Crippen molar-refractivity contribution >= 4 is 29.1 Å². The summed E-state index contributed by atoms with van der Waals surface area (Å²) in [5.74, 6) is 2.05. The van der Waals surface area contributed by atoms with Crippen LogP contribution in [0.5, 0.6) is 0 Å². The maximum absolute atomic E-state index is 12.7. The number of carbonyl (C=O) groups excluding carboxylic acids is 1. The maximum Gasteiger partial charge on any atom is 0.227 e. The average Bonchev–Trinajstić information content (AvgIpc) is 2.76. The van der Waals surface area contributed by atoms with Crippen molar-refractivity contribution in [3.63, 3.8) is 0 Å². The number of hydrogen-bond acceptors (Lipinski definition) is 6. The van der Waals surface area contributed by atoms with E-state index >= 15 is 0 Å². The topological polar surface area (TPSA) is 55.8 Å². The highest BCUT2D eigenvalue weighted by Crippen LogP contribution is 2.21. The molecule has 0 saturated carbocycles. The highest BCUT2D eigenvalue weighted by Gasteiger charge is 2.23. The van der Waals surface area contributed by atoms with Crippen LogP contribution >= 0.6 is 11.6 Å². The van der Waals surface area contributed by atoms with Crippen LogP contribution in [0.2, 0.25) is 5.02 Å². The summed E-state index contributed by atoms with van der Waals surface area (Å²) in [7, 11) is 2.15. The molecule has 0 bridgehead atoms. The van der Waals surface area contributed by atoms with Crippen molar-refractivity contribution in [2.45, 2.75) is 6.42 Å². The fourth-order valence-electron chi connectivity index (χ4n) is 3.82. The molecular weight excluding hydrogens is 388 g/mol. The fourth-order valence-corrected chi connectivity index (χ4v) is 4.02. The molecule has 8 heteroatoms. The summed E-state index contributed by atoms with van der Waals surface area (Å²) in [6.07, 6.45) is 2.00. The summed E-state index contributed by atoms with van der Waals surface area (Å²) in [4.78, 5) is 30.4. The number of nitrogens with zero attached hydrogens (tertiary/aromatic N) is 6. The summed E-state index contributed by atoms with van der Waals surface area (Å²) >= 11 is 6.20. The fraction of sp³-hybridized carbons (Fsp3) is 0.476. The van der Waals surface area contributed by atoms with E-state index in [1.807, 2.05) is 29.2 Å². The van der Waals surface area contributed by atoms with Gasteiger partial charge in [-0.3, -0.25) is 4.79 Å². The molecule has 0 N–H and O–H groups in total. The maximum atomic E-state index is 12.7. The van der Waals surface area contributed by atoms with Crippen LogP contribution in [0.3, 0.4) is 0 Å². The minimum Gasteiger partial charge on any atom is -0.354 e. The van der Waals surface area contributed by atoms with Crippen LogP contribution in [0.15, 0.2) is 36.7 Å². The first kappa shape index (κ1) is 19.9. The predicted molar refractivity (Wildman–Crippen MR) is 116 cm³/mol. The zero-order valence-corrected chi connectivity index (χ0v) is 17.6. The number of halogens is 1. The van der Waals surface area contributed by atoms with Gasteiger partial charge in [-0.05, 0) is 18.7 Å². The van der Waals surface area contributed by atoms with Gasteiger partial charge in [-0.25, -0.2) is 9.97 Å². The monoisotopic (exact) mass is 414 g/mol. The largest absolute Gasteiger partial charge is 0.354 e. The van der Waals surface area contributed by atoms with Crippen molar-refractivity contribution in [3.8, 4) is 0 Å². The summed E-state index contributed by atoms with van der Waals surface area (Å²) in [5, 5.41) is 0.650. The lowest BCUT2D eigenvalue weighted by molar-refractivity contribution is -0.130. The second-order valence-corrected chi connectivity index (χ2v) is 8.07. The third-order valence-corrected chi connectivity index (χ3v) is 6.09. The van der Waals surface area contributed by atoms with Crippen LogP contribution in [-0.4, -0.2) is 85.1 Å². The summed E-state index contributed by atoms with van der Waals surface area (Å²) in [6, 6.07) is 9.62. The van der Waals surface area contributed by atoms with E-state index in [1.165, 1.54) is 0 Å². The highest BCUT2D eigenvalue weighted by molar-refractivity contribution is 6.31. The van der Waals surface area contributed by atoms with Crippen molar-refractivity contribution in [1.82, 2.24) is 19.8 Å². The lowest BCUT2D eigenvalue weighted by atomic mass is 10.1. The molecule has 1 aromatic carbocycles. The Morgan fingerprint density at radius 1 is 0.931 bits per heavy atom. The van der Waals surface area contributed by atoms with E-state index in [1.54, 1.807) is 6.33 Å². The Bertz CT molecular complexity index is 847. The molecule has 1 amide bonds. The van der Waals surface area contributed by atoms with Crippen LogP contribution < -0.4 is 9.80 Å². The summed E-state index contributed by atoms with van der Waals surface area (Å²) in [6.45, 7) is 6.99. The summed E-state index contributed by atoms with van der Waals surface area (Å²) in [5.41, 5.74) is 0.884. The van der Waals surface area contributed by atoms with Gasteiger partial charge in [-0.15, -0.1) is 0 Å². The number of rotatable bonds is 4. The molecule has 29 heavy (non-hydrogen) atoms. The zero-order chi connectivity index (χ0) is 20.2. The van der Waals surface area contributed by atoms with E-state index in [-0.39, 0.29) is 5.91 Å². The third kappa shape index (κ3) is 4.79. The Balaban J connectivity index is 1.34. The van der Waals surface area contributed by atoms with Gasteiger partial charge in [0.15, 0.2) is 0 Å². The van der Waals surface area contributed by atoms with Crippen molar-refractivity contribution in [2.24, 2.45) is 0 Å². The van der Waals surface area contributed by atoms with Gasteiger partial charge in [0.2, 0.25) is 5.91 Å². The van der Waals surface area contributed by atoms with E-state index in [4.69, 9.17) is 11.6 Å². The Kier molecular flexibility index (Phi) is 6.16. The molecular formula is C21H27ClN6O. The minimum absolute atomic E-state index is 0.124. The quantitative estimate of drug-likeness (QED) is 0.760. The molecule has 1 aromatic heterocycles. The first-order valence-electron chi connectivity index (χ1n) is 10.1. The first-order chi connectivity index (χ1) is 14.1. The molecule has 0 spiro atoms. The number of hydrogen-bond donors (Lipinski definition) is 0. The number of benzene rings is 1. The molecule has 0 unspecified atom stereocenters. The Hall–Kier alpha value is -2.38. The van der Waals surface area contributed by atoms with E-state index in [0.717, 1.165) is 56.5 Å². The summed E-state index contributed by atoms with van der Waals surface area (Å²) < 4.78 is 0. The van der Waals surface area contributed by atoms with Crippen LogP contribution in [0.1, 0.15) is 5.56 Å². The zero-order valence-electron chi connectivity index (χ0n) is 16.8. The Morgan fingerprint density at radius 2 is 1.52 bits per heavy atom.